The van der Waals surface area contributed by atoms with Crippen LogP contribution in [0.15, 0.2) is 30.6 Å². The van der Waals surface area contributed by atoms with Crippen molar-refractivity contribution in [3.05, 3.63) is 59.2 Å². The van der Waals surface area contributed by atoms with Crippen LogP contribution in [0.25, 0.3) is 0 Å². The molecule has 0 saturated carbocycles. The van der Waals surface area contributed by atoms with Crippen LogP contribution >= 0.6 is 0 Å². The highest BCUT2D eigenvalue weighted by atomic mass is 19.1. The number of hydrogen-bond donors (Lipinski definition) is 1. The van der Waals surface area contributed by atoms with Crippen LogP contribution in [0.2, 0.25) is 0 Å². The second kappa shape index (κ2) is 4.55. The Bertz CT molecular complexity index is 529. The third-order valence-corrected chi connectivity index (χ3v) is 2.49. The Morgan fingerprint density at radius 3 is 2.47 bits per heavy atom. The summed E-state index contributed by atoms with van der Waals surface area (Å²) < 4.78 is 27.4. The Balaban J connectivity index is 2.51. The number of hydrogen-bond acceptors (Lipinski definition) is 3. The molecule has 88 valence electrons. The molecule has 2 rings (SSSR count). The zero-order chi connectivity index (χ0) is 12.4. The van der Waals surface area contributed by atoms with Crippen LogP contribution < -0.4 is 5.73 Å². The molecule has 0 aliphatic rings. The molecule has 5 heteroatoms. The van der Waals surface area contributed by atoms with Crippen LogP contribution in [0.5, 0.6) is 0 Å². The summed E-state index contributed by atoms with van der Waals surface area (Å²) in [5.74, 6) is -1.14. The summed E-state index contributed by atoms with van der Waals surface area (Å²) in [6, 6.07) is 3.17. The molecular formula is C12H11F2N3. The molecular weight excluding hydrogens is 224 g/mol. The van der Waals surface area contributed by atoms with E-state index in [1.165, 1.54) is 24.5 Å². The summed E-state index contributed by atoms with van der Waals surface area (Å²) in [6.07, 6.45) is 2.96. The Morgan fingerprint density at radius 1 is 1.18 bits per heavy atom. The van der Waals surface area contributed by atoms with Gasteiger partial charge in [0.2, 0.25) is 0 Å². The second-order valence-electron chi connectivity index (χ2n) is 3.68. The number of nitrogens with two attached hydrogens (primary N) is 1. The summed E-state index contributed by atoms with van der Waals surface area (Å²) in [7, 11) is 0. The van der Waals surface area contributed by atoms with E-state index in [9.17, 15) is 8.78 Å². The van der Waals surface area contributed by atoms with Crippen LogP contribution in [0.1, 0.15) is 23.0 Å². The molecule has 2 aromatic rings. The monoisotopic (exact) mass is 235 g/mol. The number of rotatable bonds is 2. The van der Waals surface area contributed by atoms with Crippen molar-refractivity contribution < 1.29 is 8.78 Å². The molecule has 0 bridgehead atoms. The molecule has 0 aliphatic heterocycles. The van der Waals surface area contributed by atoms with Crippen LogP contribution in [0.3, 0.4) is 0 Å². The Hall–Kier alpha value is -1.88. The number of halogens is 2. The van der Waals surface area contributed by atoms with Gasteiger partial charge in [0.25, 0.3) is 0 Å². The van der Waals surface area contributed by atoms with Gasteiger partial charge in [-0.1, -0.05) is 6.07 Å². The highest BCUT2D eigenvalue weighted by molar-refractivity contribution is 5.32. The van der Waals surface area contributed by atoms with Crippen LogP contribution in [0, 0.1) is 18.6 Å². The summed E-state index contributed by atoms with van der Waals surface area (Å²) in [6.45, 7) is 1.55. The number of aromatic nitrogens is 2. The van der Waals surface area contributed by atoms with E-state index in [1.54, 1.807) is 13.0 Å². The van der Waals surface area contributed by atoms with Crippen molar-refractivity contribution in [2.45, 2.75) is 13.0 Å². The van der Waals surface area contributed by atoms with E-state index in [2.05, 4.69) is 9.97 Å². The molecule has 17 heavy (non-hydrogen) atoms. The van der Waals surface area contributed by atoms with Crippen molar-refractivity contribution in [1.82, 2.24) is 9.97 Å². The highest BCUT2D eigenvalue weighted by Crippen LogP contribution is 2.24. The smallest absolute Gasteiger partial charge is 0.149 e. The van der Waals surface area contributed by atoms with E-state index < -0.39 is 17.7 Å². The van der Waals surface area contributed by atoms with Crippen molar-refractivity contribution in [2.24, 2.45) is 5.73 Å². The Morgan fingerprint density at radius 2 is 1.82 bits per heavy atom. The lowest BCUT2D eigenvalue weighted by Crippen LogP contribution is -2.18. The fourth-order valence-corrected chi connectivity index (χ4v) is 1.56. The minimum absolute atomic E-state index is 0.191. The lowest BCUT2D eigenvalue weighted by Gasteiger charge is -2.13. The van der Waals surface area contributed by atoms with Gasteiger partial charge in [0.1, 0.15) is 17.5 Å². The molecule has 1 unspecified atom stereocenters. The third kappa shape index (κ3) is 2.14. The average Bonchev–Trinajstić information content (AvgIpc) is 2.35. The molecule has 0 radical (unpaired) electrons. The average molecular weight is 235 g/mol. The van der Waals surface area contributed by atoms with Gasteiger partial charge in [0.05, 0.1) is 6.04 Å². The van der Waals surface area contributed by atoms with Crippen molar-refractivity contribution in [2.75, 3.05) is 0 Å². The van der Waals surface area contributed by atoms with Gasteiger partial charge >= 0.3 is 0 Å². The van der Waals surface area contributed by atoms with E-state index >= 15 is 0 Å². The topological polar surface area (TPSA) is 51.8 Å². The number of nitrogens with zero attached hydrogens (tertiary/aromatic N) is 2. The van der Waals surface area contributed by atoms with Crippen molar-refractivity contribution in [1.29, 1.82) is 0 Å². The molecule has 0 aliphatic carbocycles. The van der Waals surface area contributed by atoms with E-state index in [4.69, 9.17) is 5.73 Å². The molecule has 0 spiro atoms. The molecule has 0 amide bonds. The number of benzene rings is 1. The maximum absolute atomic E-state index is 13.8. The summed E-state index contributed by atoms with van der Waals surface area (Å²) >= 11 is 0. The van der Waals surface area contributed by atoms with Gasteiger partial charge in [0.15, 0.2) is 0 Å². The summed E-state index contributed by atoms with van der Waals surface area (Å²) in [5.41, 5.74) is 5.92. The van der Waals surface area contributed by atoms with E-state index in [-0.39, 0.29) is 11.4 Å². The lowest BCUT2D eigenvalue weighted by atomic mass is 10.0. The maximum Gasteiger partial charge on any atom is 0.149 e. The number of aryl methyl sites for hydroxylation is 1. The second-order valence-corrected chi connectivity index (χ2v) is 3.68. The van der Waals surface area contributed by atoms with Crippen molar-refractivity contribution in [3.8, 4) is 0 Å². The first-order valence-electron chi connectivity index (χ1n) is 5.08. The van der Waals surface area contributed by atoms with Gasteiger partial charge < -0.3 is 5.73 Å². The fourth-order valence-electron chi connectivity index (χ4n) is 1.56. The molecule has 0 saturated heterocycles. The first-order valence-corrected chi connectivity index (χ1v) is 5.08. The van der Waals surface area contributed by atoms with Gasteiger partial charge in [-0.05, 0) is 24.6 Å². The van der Waals surface area contributed by atoms with E-state index in [0.717, 1.165) is 0 Å². The highest BCUT2D eigenvalue weighted by Gasteiger charge is 2.21. The Kier molecular flexibility index (Phi) is 3.10. The molecule has 0 fully saturated rings. The predicted octanol–water partition coefficient (Wildman–Crippen LogP) is 2.11. The first-order chi connectivity index (χ1) is 8.11. The molecule has 1 aromatic carbocycles. The zero-order valence-corrected chi connectivity index (χ0v) is 9.19. The third-order valence-electron chi connectivity index (χ3n) is 2.49. The molecule has 1 aromatic heterocycles. The quantitative estimate of drug-likeness (QED) is 0.867. The maximum atomic E-state index is 13.8. The van der Waals surface area contributed by atoms with Crippen molar-refractivity contribution >= 4 is 0 Å². The normalized spacial score (nSPS) is 12.5. The minimum atomic E-state index is -1.00. The predicted molar refractivity (Wildman–Crippen MR) is 59.2 cm³/mol. The van der Waals surface area contributed by atoms with Crippen molar-refractivity contribution in [3.63, 3.8) is 0 Å². The minimum Gasteiger partial charge on any atom is -0.317 e. The molecule has 1 heterocycles. The fraction of sp³-hybridized carbons (Fsp3) is 0.167. The lowest BCUT2D eigenvalue weighted by molar-refractivity contribution is 0.532. The van der Waals surface area contributed by atoms with Crippen LogP contribution in [0.4, 0.5) is 8.78 Å². The van der Waals surface area contributed by atoms with Gasteiger partial charge in [-0.2, -0.15) is 0 Å². The zero-order valence-electron chi connectivity index (χ0n) is 9.19. The Labute approximate surface area is 97.3 Å². The summed E-state index contributed by atoms with van der Waals surface area (Å²) in [5, 5.41) is 0. The summed E-state index contributed by atoms with van der Waals surface area (Å²) in [4.78, 5) is 7.79. The van der Waals surface area contributed by atoms with Gasteiger partial charge in [-0.15, -0.1) is 0 Å². The molecule has 1 atom stereocenters. The van der Waals surface area contributed by atoms with Crippen LogP contribution in [-0.4, -0.2) is 9.97 Å². The molecule has 2 N–H and O–H groups in total. The van der Waals surface area contributed by atoms with Gasteiger partial charge in [-0.25, -0.2) is 18.7 Å². The van der Waals surface area contributed by atoms with E-state index in [0.29, 0.717) is 5.56 Å². The largest absolute Gasteiger partial charge is 0.317 e. The standard InChI is InChI=1S/C12H11F2N3/c1-7-3-4-8(13)9(10(7)14)11(15)12-16-5-2-6-17-12/h2-6,11H,15H2,1H3. The molecule has 3 nitrogen and oxygen atoms in total. The van der Waals surface area contributed by atoms with Crippen LogP contribution in [-0.2, 0) is 0 Å². The van der Waals surface area contributed by atoms with Gasteiger partial charge in [0, 0.05) is 18.0 Å². The van der Waals surface area contributed by atoms with E-state index in [1.807, 2.05) is 0 Å². The SMILES string of the molecule is Cc1ccc(F)c(C(N)c2ncccn2)c1F. The van der Waals surface area contributed by atoms with Gasteiger partial charge in [-0.3, -0.25) is 0 Å². The first kappa shape index (κ1) is 11.6.